The van der Waals surface area contributed by atoms with Crippen LogP contribution < -0.4 is 10.6 Å². The molecule has 0 saturated carbocycles. The maximum absolute atomic E-state index is 11.8. The van der Waals surface area contributed by atoms with E-state index in [0.29, 0.717) is 5.56 Å². The average molecular weight is 208 g/mol. The molecule has 0 spiro atoms. The summed E-state index contributed by atoms with van der Waals surface area (Å²) in [6.45, 7) is 3.74. The third-order valence-corrected chi connectivity index (χ3v) is 2.60. The van der Waals surface area contributed by atoms with Gasteiger partial charge in [-0.1, -0.05) is 6.92 Å². The number of aryl methyl sites for hydroxylation is 2. The summed E-state index contributed by atoms with van der Waals surface area (Å²) in [5.74, 6) is -0.00792. The molecule has 1 amide bonds. The van der Waals surface area contributed by atoms with Gasteiger partial charge in [0.1, 0.15) is 0 Å². The molecule has 0 radical (unpaired) electrons. The van der Waals surface area contributed by atoms with Crippen LogP contribution in [-0.2, 0) is 13.5 Å². The van der Waals surface area contributed by atoms with E-state index in [9.17, 15) is 4.79 Å². The topological polar surface area (TPSA) is 59.0 Å². The fourth-order valence-electron chi connectivity index (χ4n) is 1.64. The number of rotatable bonds is 3. The smallest absolute Gasteiger partial charge is 0.255 e. The molecule has 0 unspecified atom stereocenters. The van der Waals surface area contributed by atoms with Crippen LogP contribution in [0.2, 0.25) is 0 Å². The van der Waals surface area contributed by atoms with Crippen molar-refractivity contribution in [1.82, 2.24) is 20.4 Å². The molecule has 0 bridgehead atoms. The fraction of sp³-hybridized carbons (Fsp3) is 0.600. The number of hydrogen-bond acceptors (Lipinski definition) is 3. The first-order valence-electron chi connectivity index (χ1n) is 5.24. The zero-order chi connectivity index (χ0) is 10.8. The summed E-state index contributed by atoms with van der Waals surface area (Å²) >= 11 is 0. The summed E-state index contributed by atoms with van der Waals surface area (Å²) in [5.41, 5.74) is 1.56. The Kier molecular flexibility index (Phi) is 2.73. The molecule has 5 heteroatoms. The Morgan fingerprint density at radius 1 is 1.73 bits per heavy atom. The Hall–Kier alpha value is -1.36. The second-order valence-corrected chi connectivity index (χ2v) is 3.85. The molecule has 0 aromatic carbocycles. The molecule has 1 aliphatic rings. The summed E-state index contributed by atoms with van der Waals surface area (Å²) < 4.78 is 1.69. The van der Waals surface area contributed by atoms with Crippen LogP contribution in [0.25, 0.3) is 0 Å². The van der Waals surface area contributed by atoms with E-state index in [-0.39, 0.29) is 11.9 Å². The molecule has 2 heterocycles. The van der Waals surface area contributed by atoms with Crippen molar-refractivity contribution in [2.24, 2.45) is 7.05 Å². The first-order chi connectivity index (χ1) is 7.20. The highest BCUT2D eigenvalue weighted by Crippen LogP contribution is 2.07. The van der Waals surface area contributed by atoms with Gasteiger partial charge in [0.25, 0.3) is 5.91 Å². The second-order valence-electron chi connectivity index (χ2n) is 3.85. The standard InChI is InChI=1S/C10H16N4O/c1-3-9-8(6-14(2)13-9)10(15)12-7-4-11-5-7/h6-7,11H,3-5H2,1-2H3,(H,12,15). The van der Waals surface area contributed by atoms with Crippen molar-refractivity contribution in [2.75, 3.05) is 13.1 Å². The monoisotopic (exact) mass is 208 g/mol. The first kappa shape index (κ1) is 10.2. The molecular formula is C10H16N4O. The normalized spacial score (nSPS) is 16.1. The number of aromatic nitrogens is 2. The molecule has 1 aromatic heterocycles. The molecule has 2 rings (SSSR count). The zero-order valence-corrected chi connectivity index (χ0v) is 9.08. The number of carbonyl (C=O) groups is 1. The maximum atomic E-state index is 11.8. The Morgan fingerprint density at radius 2 is 2.47 bits per heavy atom. The summed E-state index contributed by atoms with van der Waals surface area (Å²) in [7, 11) is 1.83. The van der Waals surface area contributed by atoms with Gasteiger partial charge in [-0.05, 0) is 6.42 Å². The molecule has 1 fully saturated rings. The van der Waals surface area contributed by atoms with E-state index in [2.05, 4.69) is 15.7 Å². The Labute approximate surface area is 88.8 Å². The van der Waals surface area contributed by atoms with Gasteiger partial charge in [-0.2, -0.15) is 5.10 Å². The Morgan fingerprint density at radius 3 is 3.00 bits per heavy atom. The van der Waals surface area contributed by atoms with Crippen LogP contribution >= 0.6 is 0 Å². The lowest BCUT2D eigenvalue weighted by atomic mass is 10.1. The van der Waals surface area contributed by atoms with Gasteiger partial charge in [0.05, 0.1) is 17.3 Å². The van der Waals surface area contributed by atoms with E-state index in [0.717, 1.165) is 25.2 Å². The number of hydrogen-bond donors (Lipinski definition) is 2. The van der Waals surface area contributed by atoms with Gasteiger partial charge < -0.3 is 10.6 Å². The van der Waals surface area contributed by atoms with Gasteiger partial charge in [-0.3, -0.25) is 9.48 Å². The summed E-state index contributed by atoms with van der Waals surface area (Å²) in [6.07, 6.45) is 2.56. The van der Waals surface area contributed by atoms with Gasteiger partial charge in [-0.25, -0.2) is 0 Å². The molecule has 15 heavy (non-hydrogen) atoms. The highest BCUT2D eigenvalue weighted by molar-refractivity contribution is 5.95. The van der Waals surface area contributed by atoms with E-state index < -0.39 is 0 Å². The van der Waals surface area contributed by atoms with Crippen LogP contribution in [0.1, 0.15) is 23.0 Å². The highest BCUT2D eigenvalue weighted by Gasteiger charge is 2.21. The summed E-state index contributed by atoms with van der Waals surface area (Å²) in [6, 6.07) is 0.280. The molecule has 82 valence electrons. The van der Waals surface area contributed by atoms with Crippen molar-refractivity contribution >= 4 is 5.91 Å². The van der Waals surface area contributed by atoms with Gasteiger partial charge in [-0.15, -0.1) is 0 Å². The molecular weight excluding hydrogens is 192 g/mol. The lowest BCUT2D eigenvalue weighted by Crippen LogP contribution is -2.57. The molecule has 1 aliphatic heterocycles. The highest BCUT2D eigenvalue weighted by atomic mass is 16.1. The van der Waals surface area contributed by atoms with E-state index >= 15 is 0 Å². The van der Waals surface area contributed by atoms with Crippen LogP contribution in [0, 0.1) is 0 Å². The minimum atomic E-state index is -0.00792. The Bertz CT molecular complexity index is 367. The van der Waals surface area contributed by atoms with E-state index in [4.69, 9.17) is 0 Å². The minimum absolute atomic E-state index is 0.00792. The first-order valence-corrected chi connectivity index (χ1v) is 5.24. The van der Waals surface area contributed by atoms with Crippen LogP contribution in [0.15, 0.2) is 6.20 Å². The van der Waals surface area contributed by atoms with Crippen LogP contribution in [0.4, 0.5) is 0 Å². The van der Waals surface area contributed by atoms with Crippen molar-refractivity contribution in [3.8, 4) is 0 Å². The average Bonchev–Trinajstić information content (AvgIpc) is 2.53. The van der Waals surface area contributed by atoms with E-state index in [1.165, 1.54) is 0 Å². The molecule has 1 aromatic rings. The third kappa shape index (κ3) is 2.02. The van der Waals surface area contributed by atoms with Crippen molar-refractivity contribution in [3.05, 3.63) is 17.5 Å². The van der Waals surface area contributed by atoms with Crippen molar-refractivity contribution in [3.63, 3.8) is 0 Å². The van der Waals surface area contributed by atoms with Crippen molar-refractivity contribution < 1.29 is 4.79 Å². The summed E-state index contributed by atoms with van der Waals surface area (Å²) in [4.78, 5) is 11.8. The Balaban J connectivity index is 2.09. The third-order valence-electron chi connectivity index (χ3n) is 2.60. The lowest BCUT2D eigenvalue weighted by molar-refractivity contribution is 0.0923. The lowest BCUT2D eigenvalue weighted by Gasteiger charge is -2.27. The number of carbonyl (C=O) groups excluding carboxylic acids is 1. The number of nitrogens with zero attached hydrogens (tertiary/aromatic N) is 2. The SMILES string of the molecule is CCc1nn(C)cc1C(=O)NC1CNC1. The van der Waals surface area contributed by atoms with E-state index in [1.807, 2.05) is 14.0 Å². The van der Waals surface area contributed by atoms with Crippen molar-refractivity contribution in [2.45, 2.75) is 19.4 Å². The van der Waals surface area contributed by atoms with Crippen molar-refractivity contribution in [1.29, 1.82) is 0 Å². The predicted octanol–water partition coefficient (Wildman–Crippen LogP) is -0.316. The maximum Gasteiger partial charge on any atom is 0.255 e. The zero-order valence-electron chi connectivity index (χ0n) is 9.08. The molecule has 0 atom stereocenters. The molecule has 0 aliphatic carbocycles. The van der Waals surface area contributed by atoms with Crippen LogP contribution in [0.3, 0.4) is 0 Å². The van der Waals surface area contributed by atoms with Gasteiger partial charge in [0.15, 0.2) is 0 Å². The molecule has 5 nitrogen and oxygen atoms in total. The van der Waals surface area contributed by atoms with Crippen LogP contribution in [0.5, 0.6) is 0 Å². The van der Waals surface area contributed by atoms with Gasteiger partial charge >= 0.3 is 0 Å². The number of amides is 1. The largest absolute Gasteiger partial charge is 0.347 e. The van der Waals surface area contributed by atoms with E-state index in [1.54, 1.807) is 10.9 Å². The number of nitrogens with one attached hydrogen (secondary N) is 2. The molecule has 1 saturated heterocycles. The second kappa shape index (κ2) is 4.02. The predicted molar refractivity (Wildman–Crippen MR) is 56.7 cm³/mol. The van der Waals surface area contributed by atoms with Crippen LogP contribution in [-0.4, -0.2) is 34.8 Å². The minimum Gasteiger partial charge on any atom is -0.347 e. The quantitative estimate of drug-likeness (QED) is 0.716. The molecule has 2 N–H and O–H groups in total. The summed E-state index contributed by atoms with van der Waals surface area (Å²) in [5, 5.41) is 10.3. The van der Waals surface area contributed by atoms with Gasteiger partial charge in [0, 0.05) is 26.3 Å². The van der Waals surface area contributed by atoms with Gasteiger partial charge in [0.2, 0.25) is 0 Å². The fourth-order valence-corrected chi connectivity index (χ4v) is 1.64.